The fourth-order valence-corrected chi connectivity index (χ4v) is 3.66. The number of aromatic hydroxyl groups is 1. The molecule has 2 aliphatic rings. The van der Waals surface area contributed by atoms with Crippen molar-refractivity contribution < 1.29 is 14.6 Å². The van der Waals surface area contributed by atoms with Crippen LogP contribution in [0.1, 0.15) is 30.0 Å². The highest BCUT2D eigenvalue weighted by Crippen LogP contribution is 2.33. The number of carbonyl (C=O) groups is 1. The third-order valence-corrected chi connectivity index (χ3v) is 5.18. The van der Waals surface area contributed by atoms with E-state index in [0.29, 0.717) is 19.8 Å². The number of benzene rings is 1. The topological polar surface area (TPSA) is 65.9 Å². The number of morpholine rings is 1. The molecule has 4 rings (SSSR count). The van der Waals surface area contributed by atoms with Crippen LogP contribution in [-0.4, -0.2) is 58.1 Å². The number of nitrogens with zero attached hydrogens (tertiary/aromatic N) is 3. The molecule has 0 spiro atoms. The van der Waals surface area contributed by atoms with Crippen LogP contribution < -0.4 is 0 Å². The fraction of sp³-hybridized carbons (Fsp3) is 0.429. The van der Waals surface area contributed by atoms with E-state index >= 15 is 0 Å². The quantitative estimate of drug-likeness (QED) is 0.849. The number of amides is 1. The molecular weight excluding hydrogens is 342 g/mol. The van der Waals surface area contributed by atoms with Crippen molar-refractivity contribution in [3.8, 4) is 5.75 Å². The zero-order chi connectivity index (χ0) is 18.6. The number of hydrogen-bond acceptors (Lipinski definition) is 5. The Hall–Kier alpha value is -2.44. The predicted molar refractivity (Wildman–Crippen MR) is 101 cm³/mol. The van der Waals surface area contributed by atoms with Crippen LogP contribution in [-0.2, 0) is 16.1 Å². The number of ether oxygens (including phenoxy) is 1. The standard InChI is InChI=1S/C21H25N3O3/c25-19-5-1-3-16(13-19)15-24(18-6-7-18)21(26)20(17-4-2-8-22-14-17)23-9-11-27-12-10-23/h1-5,8,13-14,18,20,25H,6-7,9-12,15H2/t20-/m0/s1. The number of pyridine rings is 1. The molecule has 0 radical (unpaired) electrons. The Bertz CT molecular complexity index is 773. The lowest BCUT2D eigenvalue weighted by molar-refractivity contribution is -0.140. The first-order valence-electron chi connectivity index (χ1n) is 9.52. The van der Waals surface area contributed by atoms with Gasteiger partial charge in [-0.25, -0.2) is 0 Å². The summed E-state index contributed by atoms with van der Waals surface area (Å²) in [6.07, 6.45) is 5.59. The fourth-order valence-electron chi connectivity index (χ4n) is 3.66. The molecule has 1 amide bonds. The van der Waals surface area contributed by atoms with Crippen LogP contribution in [0.2, 0.25) is 0 Å². The highest BCUT2D eigenvalue weighted by molar-refractivity contribution is 5.84. The third kappa shape index (κ3) is 4.28. The van der Waals surface area contributed by atoms with Crippen LogP contribution in [0, 0.1) is 0 Å². The van der Waals surface area contributed by atoms with E-state index in [-0.39, 0.29) is 23.7 Å². The summed E-state index contributed by atoms with van der Waals surface area (Å²) >= 11 is 0. The van der Waals surface area contributed by atoms with Crippen molar-refractivity contribution >= 4 is 5.91 Å². The van der Waals surface area contributed by atoms with Gasteiger partial charge in [0.2, 0.25) is 5.91 Å². The van der Waals surface area contributed by atoms with Gasteiger partial charge in [-0.1, -0.05) is 18.2 Å². The van der Waals surface area contributed by atoms with Crippen LogP contribution in [0.3, 0.4) is 0 Å². The Labute approximate surface area is 159 Å². The van der Waals surface area contributed by atoms with Crippen LogP contribution in [0.4, 0.5) is 0 Å². The zero-order valence-electron chi connectivity index (χ0n) is 15.3. The van der Waals surface area contributed by atoms with Gasteiger partial charge in [-0.3, -0.25) is 14.7 Å². The van der Waals surface area contributed by atoms with E-state index < -0.39 is 0 Å². The molecule has 142 valence electrons. The monoisotopic (exact) mass is 367 g/mol. The maximum Gasteiger partial charge on any atom is 0.245 e. The number of phenols is 1. The van der Waals surface area contributed by atoms with Gasteiger partial charge in [0.1, 0.15) is 11.8 Å². The molecule has 0 bridgehead atoms. The first kappa shape index (κ1) is 17.9. The van der Waals surface area contributed by atoms with Crippen molar-refractivity contribution in [1.29, 1.82) is 0 Å². The van der Waals surface area contributed by atoms with Gasteiger partial charge in [-0.05, 0) is 42.2 Å². The number of hydrogen-bond donors (Lipinski definition) is 1. The molecule has 2 heterocycles. The maximum absolute atomic E-state index is 13.7. The maximum atomic E-state index is 13.7. The summed E-state index contributed by atoms with van der Waals surface area (Å²) in [4.78, 5) is 22.1. The van der Waals surface area contributed by atoms with E-state index in [0.717, 1.165) is 37.1 Å². The van der Waals surface area contributed by atoms with Crippen LogP contribution >= 0.6 is 0 Å². The smallest absolute Gasteiger partial charge is 0.245 e. The summed E-state index contributed by atoms with van der Waals surface area (Å²) in [5.41, 5.74) is 1.87. The van der Waals surface area contributed by atoms with Crippen molar-refractivity contribution in [2.45, 2.75) is 31.5 Å². The van der Waals surface area contributed by atoms with Gasteiger partial charge in [0.15, 0.2) is 0 Å². The van der Waals surface area contributed by atoms with E-state index in [2.05, 4.69) is 9.88 Å². The summed E-state index contributed by atoms with van der Waals surface area (Å²) in [6, 6.07) is 10.9. The minimum absolute atomic E-state index is 0.107. The Kier molecular flexibility index (Phi) is 5.36. The second kappa shape index (κ2) is 8.06. The van der Waals surface area contributed by atoms with Gasteiger partial charge >= 0.3 is 0 Å². The largest absolute Gasteiger partial charge is 0.508 e. The number of aromatic nitrogens is 1. The van der Waals surface area contributed by atoms with Gasteiger partial charge in [-0.15, -0.1) is 0 Å². The van der Waals surface area contributed by atoms with Gasteiger partial charge in [-0.2, -0.15) is 0 Å². The van der Waals surface area contributed by atoms with Crippen molar-refractivity contribution in [3.63, 3.8) is 0 Å². The summed E-state index contributed by atoms with van der Waals surface area (Å²) in [6.45, 7) is 3.25. The lowest BCUT2D eigenvalue weighted by Crippen LogP contribution is -2.47. The van der Waals surface area contributed by atoms with E-state index in [1.165, 1.54) is 0 Å². The lowest BCUT2D eigenvalue weighted by atomic mass is 10.0. The second-order valence-corrected chi connectivity index (χ2v) is 7.20. The molecule has 1 aliphatic heterocycles. The predicted octanol–water partition coefficient (Wildman–Crippen LogP) is 2.35. The number of rotatable bonds is 6. The van der Waals surface area contributed by atoms with E-state index in [9.17, 15) is 9.90 Å². The molecule has 6 heteroatoms. The average molecular weight is 367 g/mol. The molecule has 27 heavy (non-hydrogen) atoms. The number of carbonyl (C=O) groups excluding carboxylic acids is 1. The molecule has 2 aromatic rings. The summed E-state index contributed by atoms with van der Waals surface area (Å²) in [7, 11) is 0. The Morgan fingerprint density at radius 2 is 2.07 bits per heavy atom. The van der Waals surface area contributed by atoms with Gasteiger partial charge in [0, 0.05) is 38.1 Å². The van der Waals surface area contributed by atoms with Crippen molar-refractivity contribution in [2.24, 2.45) is 0 Å². The molecule has 0 unspecified atom stereocenters. The Morgan fingerprint density at radius 3 is 2.74 bits per heavy atom. The van der Waals surface area contributed by atoms with Crippen molar-refractivity contribution in [2.75, 3.05) is 26.3 Å². The zero-order valence-corrected chi connectivity index (χ0v) is 15.3. The second-order valence-electron chi connectivity index (χ2n) is 7.20. The minimum Gasteiger partial charge on any atom is -0.508 e. The van der Waals surface area contributed by atoms with Crippen LogP contribution in [0.25, 0.3) is 0 Å². The third-order valence-electron chi connectivity index (χ3n) is 5.18. The average Bonchev–Trinajstić information content (AvgIpc) is 3.53. The molecule has 1 N–H and O–H groups in total. The Morgan fingerprint density at radius 1 is 1.26 bits per heavy atom. The van der Waals surface area contributed by atoms with E-state index in [1.807, 2.05) is 29.2 Å². The van der Waals surface area contributed by atoms with E-state index in [1.54, 1.807) is 24.5 Å². The molecule has 1 saturated carbocycles. The SMILES string of the molecule is O=C([C@H](c1cccnc1)N1CCOCC1)N(Cc1cccc(O)c1)C1CC1. The first-order valence-corrected chi connectivity index (χ1v) is 9.52. The number of phenolic OH excluding ortho intramolecular Hbond substituents is 1. The lowest BCUT2D eigenvalue weighted by Gasteiger charge is -2.37. The highest BCUT2D eigenvalue weighted by Gasteiger charge is 2.39. The highest BCUT2D eigenvalue weighted by atomic mass is 16.5. The first-order chi connectivity index (χ1) is 13.2. The van der Waals surface area contributed by atoms with Gasteiger partial charge < -0.3 is 14.7 Å². The van der Waals surface area contributed by atoms with E-state index in [4.69, 9.17) is 4.74 Å². The molecule has 1 aromatic heterocycles. The Balaban J connectivity index is 1.61. The summed E-state index contributed by atoms with van der Waals surface area (Å²) in [5.74, 6) is 0.337. The molecule has 1 aromatic carbocycles. The minimum atomic E-state index is -0.347. The van der Waals surface area contributed by atoms with Gasteiger partial charge in [0.25, 0.3) is 0 Å². The van der Waals surface area contributed by atoms with Gasteiger partial charge in [0.05, 0.1) is 13.2 Å². The molecule has 2 fully saturated rings. The van der Waals surface area contributed by atoms with Crippen LogP contribution in [0.5, 0.6) is 5.75 Å². The van der Waals surface area contributed by atoms with Crippen molar-refractivity contribution in [3.05, 3.63) is 59.9 Å². The van der Waals surface area contributed by atoms with Crippen molar-refractivity contribution in [1.82, 2.24) is 14.8 Å². The van der Waals surface area contributed by atoms with Crippen LogP contribution in [0.15, 0.2) is 48.8 Å². The molecule has 1 atom stereocenters. The normalized spacial score (nSPS) is 18.8. The molecular formula is C21H25N3O3. The summed E-state index contributed by atoms with van der Waals surface area (Å²) in [5, 5.41) is 9.78. The molecule has 1 saturated heterocycles. The molecule has 1 aliphatic carbocycles. The summed E-state index contributed by atoms with van der Waals surface area (Å²) < 4.78 is 5.48. The molecule has 6 nitrogen and oxygen atoms in total.